The van der Waals surface area contributed by atoms with Crippen LogP contribution in [-0.4, -0.2) is 15.0 Å². The van der Waals surface area contributed by atoms with Crippen molar-refractivity contribution < 1.29 is 0 Å². The highest BCUT2D eigenvalue weighted by molar-refractivity contribution is 5.90. The van der Waals surface area contributed by atoms with Crippen LogP contribution in [-0.2, 0) is 10.8 Å². The first-order chi connectivity index (χ1) is 42.4. The SMILES string of the molecule is Cc1ccccc1-c1ccc2c(c1)C(C)(C)c1cc(-c3ccc(N(c4ccc(-c5cccc(-c6nc(-c7ccccc7)nc(-c7ccccc7)n6)c5)cc4)c4ccc(-c5ccc6c(c5)C(C)(C)c5cc(-c7ccccc7)ccc5-6)cc4)cc3C)ccc1-2. The van der Waals surface area contributed by atoms with Gasteiger partial charge in [-0.05, 0) is 192 Å². The summed E-state index contributed by atoms with van der Waals surface area (Å²) in [6.07, 6.45) is 0. The third kappa shape index (κ3) is 9.46. The van der Waals surface area contributed by atoms with Crippen molar-refractivity contribution in [2.45, 2.75) is 52.4 Å². The molecule has 0 spiro atoms. The van der Waals surface area contributed by atoms with Crippen molar-refractivity contribution in [3.63, 3.8) is 0 Å². The normalized spacial score (nSPS) is 13.1. The first-order valence-corrected chi connectivity index (χ1v) is 30.2. The van der Waals surface area contributed by atoms with E-state index in [1.165, 1.54) is 100 Å². The zero-order chi connectivity index (χ0) is 59.0. The zero-order valence-electron chi connectivity index (χ0n) is 49.8. The van der Waals surface area contributed by atoms with E-state index in [-0.39, 0.29) is 10.8 Å². The highest BCUT2D eigenvalue weighted by atomic mass is 15.1. The predicted molar refractivity (Wildman–Crippen MR) is 363 cm³/mol. The number of hydrogen-bond donors (Lipinski definition) is 0. The molecule has 2 aliphatic rings. The fourth-order valence-electron chi connectivity index (χ4n) is 13.6. The molecule has 0 saturated heterocycles. The molecule has 87 heavy (non-hydrogen) atoms. The van der Waals surface area contributed by atoms with Gasteiger partial charge in [0.15, 0.2) is 17.5 Å². The standard InChI is InChI=1S/C83H64N4/c1-53-19-16-17-28-69(53)63-35-44-73-74-45-36-64(52-78(74)83(5,6)77(73)51-63)70-46-41-68(47-54(70)2)87(67-39-31-57(32-40-67)62-34-43-72-71-42-33-61(55-20-10-7-11-21-55)49-75(71)82(3,4)76(72)50-62)66-37-29-56(30-38-66)60-26-18-27-65(48-60)81-85-79(58-22-12-8-13-23-58)84-80(86-81)59-24-14-9-15-25-59/h7-52H,1-6H3. The monoisotopic (exact) mass is 1120 g/mol. The number of benzene rings is 12. The summed E-state index contributed by atoms with van der Waals surface area (Å²) in [5, 5.41) is 0. The summed E-state index contributed by atoms with van der Waals surface area (Å²) in [7, 11) is 0. The molecule has 0 atom stereocenters. The summed E-state index contributed by atoms with van der Waals surface area (Å²) in [6.45, 7) is 14.0. The minimum absolute atomic E-state index is 0.156. The van der Waals surface area contributed by atoms with Gasteiger partial charge in [0.1, 0.15) is 0 Å². The largest absolute Gasteiger partial charge is 0.310 e. The Bertz CT molecular complexity index is 4730. The van der Waals surface area contributed by atoms with Crippen LogP contribution in [0.25, 0.3) is 112 Å². The van der Waals surface area contributed by atoms with E-state index in [0.29, 0.717) is 17.5 Å². The number of hydrogen-bond acceptors (Lipinski definition) is 4. The van der Waals surface area contributed by atoms with Crippen molar-refractivity contribution in [2.24, 2.45) is 0 Å². The second-order valence-electron chi connectivity index (χ2n) is 24.5. The molecule has 0 bridgehead atoms. The average Bonchev–Trinajstić information content (AvgIpc) is 2.17. The smallest absolute Gasteiger partial charge is 0.164 e. The molecule has 15 rings (SSSR count). The van der Waals surface area contributed by atoms with Gasteiger partial charge in [0, 0.05) is 44.6 Å². The lowest BCUT2D eigenvalue weighted by Crippen LogP contribution is -2.15. The van der Waals surface area contributed by atoms with Gasteiger partial charge >= 0.3 is 0 Å². The Kier molecular flexibility index (Phi) is 13.0. The predicted octanol–water partition coefficient (Wildman–Crippen LogP) is 21.9. The Balaban J connectivity index is 0.776. The Hall–Kier alpha value is -10.6. The molecule has 1 heterocycles. The number of rotatable bonds is 11. The summed E-state index contributed by atoms with van der Waals surface area (Å²) >= 11 is 0. The summed E-state index contributed by atoms with van der Waals surface area (Å²) in [4.78, 5) is 17.4. The Morgan fingerprint density at radius 1 is 0.230 bits per heavy atom. The zero-order valence-corrected chi connectivity index (χ0v) is 49.8. The van der Waals surface area contributed by atoms with Crippen molar-refractivity contribution in [3.05, 3.63) is 312 Å². The van der Waals surface area contributed by atoms with Crippen molar-refractivity contribution in [1.29, 1.82) is 0 Å². The molecular weight excluding hydrogens is 1050 g/mol. The second kappa shape index (κ2) is 21.2. The molecule has 13 aromatic rings. The van der Waals surface area contributed by atoms with Gasteiger partial charge in [0.2, 0.25) is 0 Å². The molecule has 0 amide bonds. The summed E-state index contributed by atoms with van der Waals surface area (Å²) in [5.41, 5.74) is 31.0. The highest BCUT2D eigenvalue weighted by Gasteiger charge is 2.37. The van der Waals surface area contributed by atoms with E-state index in [4.69, 9.17) is 15.0 Å². The third-order valence-electron chi connectivity index (χ3n) is 18.4. The first-order valence-electron chi connectivity index (χ1n) is 30.2. The summed E-state index contributed by atoms with van der Waals surface area (Å²) in [6, 6.07) is 102. The fraction of sp³-hybridized carbons (Fsp3) is 0.0964. The van der Waals surface area contributed by atoms with Crippen molar-refractivity contribution in [2.75, 3.05) is 4.90 Å². The number of fused-ring (bicyclic) bond motifs is 6. The maximum Gasteiger partial charge on any atom is 0.164 e. The molecule has 416 valence electrons. The van der Waals surface area contributed by atoms with Gasteiger partial charge in [-0.3, -0.25) is 0 Å². The van der Waals surface area contributed by atoms with Gasteiger partial charge in [-0.2, -0.15) is 0 Å². The van der Waals surface area contributed by atoms with Crippen LogP contribution in [0, 0.1) is 13.8 Å². The van der Waals surface area contributed by atoms with Crippen molar-refractivity contribution in [3.8, 4) is 112 Å². The lowest BCUT2D eigenvalue weighted by Gasteiger charge is -2.27. The van der Waals surface area contributed by atoms with Gasteiger partial charge < -0.3 is 4.90 Å². The van der Waals surface area contributed by atoms with Gasteiger partial charge in [-0.1, -0.05) is 240 Å². The van der Waals surface area contributed by atoms with Gasteiger partial charge in [-0.15, -0.1) is 0 Å². The van der Waals surface area contributed by atoms with Crippen LogP contribution in [0.5, 0.6) is 0 Å². The lowest BCUT2D eigenvalue weighted by atomic mass is 9.80. The quantitative estimate of drug-likeness (QED) is 0.129. The third-order valence-corrected chi connectivity index (χ3v) is 18.4. The van der Waals surface area contributed by atoms with E-state index in [9.17, 15) is 0 Å². The van der Waals surface area contributed by atoms with E-state index in [1.807, 2.05) is 60.7 Å². The molecule has 0 saturated carbocycles. The maximum atomic E-state index is 5.05. The Labute approximate surface area is 510 Å². The van der Waals surface area contributed by atoms with Crippen molar-refractivity contribution in [1.82, 2.24) is 15.0 Å². The topological polar surface area (TPSA) is 41.9 Å². The van der Waals surface area contributed by atoms with E-state index >= 15 is 0 Å². The van der Waals surface area contributed by atoms with Crippen LogP contribution in [0.15, 0.2) is 279 Å². The van der Waals surface area contributed by atoms with Crippen LogP contribution in [0.4, 0.5) is 17.1 Å². The summed E-state index contributed by atoms with van der Waals surface area (Å²) < 4.78 is 0. The molecule has 2 aliphatic carbocycles. The van der Waals surface area contributed by atoms with Crippen LogP contribution in [0.2, 0.25) is 0 Å². The molecule has 1 aromatic heterocycles. The average molecular weight is 1120 g/mol. The Morgan fingerprint density at radius 2 is 0.552 bits per heavy atom. The maximum absolute atomic E-state index is 5.05. The number of anilines is 3. The highest BCUT2D eigenvalue weighted by Crippen LogP contribution is 2.53. The fourth-order valence-corrected chi connectivity index (χ4v) is 13.6. The van der Waals surface area contributed by atoms with E-state index in [1.54, 1.807) is 0 Å². The molecular formula is C83H64N4. The van der Waals surface area contributed by atoms with Crippen molar-refractivity contribution >= 4 is 17.1 Å². The first kappa shape index (κ1) is 53.2. The van der Waals surface area contributed by atoms with Crippen LogP contribution in [0.3, 0.4) is 0 Å². The lowest BCUT2D eigenvalue weighted by molar-refractivity contribution is 0.660. The molecule has 0 unspecified atom stereocenters. The van der Waals surface area contributed by atoms with Gasteiger partial charge in [-0.25, -0.2) is 15.0 Å². The second-order valence-corrected chi connectivity index (χ2v) is 24.5. The number of aromatic nitrogens is 3. The van der Waals surface area contributed by atoms with Crippen LogP contribution in [0.1, 0.15) is 61.1 Å². The number of nitrogens with zero attached hydrogens (tertiary/aromatic N) is 4. The van der Waals surface area contributed by atoms with Gasteiger partial charge in [0.05, 0.1) is 0 Å². The molecule has 0 radical (unpaired) electrons. The molecule has 4 heteroatoms. The molecule has 0 N–H and O–H groups in total. The van der Waals surface area contributed by atoms with E-state index in [2.05, 4.69) is 265 Å². The molecule has 4 nitrogen and oxygen atoms in total. The van der Waals surface area contributed by atoms with E-state index in [0.717, 1.165) is 44.9 Å². The van der Waals surface area contributed by atoms with Gasteiger partial charge in [0.25, 0.3) is 0 Å². The van der Waals surface area contributed by atoms with Crippen LogP contribution >= 0.6 is 0 Å². The molecule has 0 aliphatic heterocycles. The number of aryl methyl sites for hydroxylation is 2. The molecule has 0 fully saturated rings. The van der Waals surface area contributed by atoms with Crippen LogP contribution < -0.4 is 4.90 Å². The minimum Gasteiger partial charge on any atom is -0.310 e. The summed E-state index contributed by atoms with van der Waals surface area (Å²) in [5.74, 6) is 1.91. The minimum atomic E-state index is -0.165. The molecule has 12 aromatic carbocycles. The Morgan fingerprint density at radius 3 is 1.01 bits per heavy atom. The van der Waals surface area contributed by atoms with E-state index < -0.39 is 0 Å².